The number of ether oxygens (including phenoxy) is 1. The van der Waals surface area contributed by atoms with Crippen LogP contribution in [0.3, 0.4) is 0 Å². The molecule has 0 atom stereocenters. The van der Waals surface area contributed by atoms with Crippen LogP contribution in [0.1, 0.15) is 19.4 Å². The standard InChI is InChI=1S/C13H20ClNO4S/c1-10(2)15(6-7-19-3)20(17,18)12-5-4-11(9-16)13(14)8-12/h4-5,8,10,16H,6-7,9H2,1-3H3. The van der Waals surface area contributed by atoms with Crippen molar-refractivity contribution in [1.29, 1.82) is 0 Å². The molecule has 0 bridgehead atoms. The van der Waals surface area contributed by atoms with Gasteiger partial charge < -0.3 is 9.84 Å². The molecule has 0 heterocycles. The molecule has 0 saturated carbocycles. The molecule has 0 aromatic heterocycles. The molecule has 0 unspecified atom stereocenters. The van der Waals surface area contributed by atoms with Crippen LogP contribution in [0.25, 0.3) is 0 Å². The number of aliphatic hydroxyl groups excluding tert-OH is 1. The summed E-state index contributed by atoms with van der Waals surface area (Å²) in [5, 5.41) is 9.30. The summed E-state index contributed by atoms with van der Waals surface area (Å²) in [5.74, 6) is 0. The smallest absolute Gasteiger partial charge is 0.243 e. The molecule has 0 spiro atoms. The molecule has 114 valence electrons. The van der Waals surface area contributed by atoms with Gasteiger partial charge in [-0.2, -0.15) is 4.31 Å². The average Bonchev–Trinajstić information content (AvgIpc) is 2.38. The zero-order valence-electron chi connectivity index (χ0n) is 11.8. The molecule has 0 aliphatic heterocycles. The lowest BCUT2D eigenvalue weighted by atomic mass is 10.2. The van der Waals surface area contributed by atoms with Crippen LogP contribution in [-0.4, -0.2) is 44.1 Å². The molecule has 20 heavy (non-hydrogen) atoms. The van der Waals surface area contributed by atoms with Crippen LogP contribution in [0.5, 0.6) is 0 Å². The molecule has 1 aromatic rings. The van der Waals surface area contributed by atoms with Gasteiger partial charge in [0.2, 0.25) is 10.0 Å². The predicted molar refractivity (Wildman–Crippen MR) is 78.3 cm³/mol. The summed E-state index contributed by atoms with van der Waals surface area (Å²) in [5.41, 5.74) is 0.499. The van der Waals surface area contributed by atoms with Crippen LogP contribution < -0.4 is 0 Å². The molecule has 1 N–H and O–H groups in total. The Bertz CT molecular complexity index is 545. The first kappa shape index (κ1) is 17.4. The third-order valence-electron chi connectivity index (χ3n) is 2.89. The lowest BCUT2D eigenvalue weighted by molar-refractivity contribution is 0.171. The Kier molecular flexibility index (Phi) is 6.42. The zero-order chi connectivity index (χ0) is 15.3. The van der Waals surface area contributed by atoms with Crippen molar-refractivity contribution < 1.29 is 18.3 Å². The molecule has 0 saturated heterocycles. The van der Waals surface area contributed by atoms with E-state index in [1.54, 1.807) is 13.8 Å². The highest BCUT2D eigenvalue weighted by Crippen LogP contribution is 2.24. The normalized spacial score (nSPS) is 12.3. The molecule has 1 rings (SSSR count). The Balaban J connectivity index is 3.16. The second-order valence-corrected chi connectivity index (χ2v) is 6.91. The Morgan fingerprint density at radius 2 is 2.05 bits per heavy atom. The summed E-state index contributed by atoms with van der Waals surface area (Å²) in [7, 11) is -2.11. The maximum atomic E-state index is 12.6. The number of benzene rings is 1. The summed E-state index contributed by atoms with van der Waals surface area (Å²) in [6.07, 6.45) is 0. The first-order valence-corrected chi connectivity index (χ1v) is 8.06. The number of rotatable bonds is 7. The Morgan fingerprint density at radius 1 is 1.40 bits per heavy atom. The number of sulfonamides is 1. The first-order chi connectivity index (χ1) is 9.34. The summed E-state index contributed by atoms with van der Waals surface area (Å²) in [6.45, 7) is 3.97. The van der Waals surface area contributed by atoms with Gasteiger partial charge in [0.15, 0.2) is 0 Å². The van der Waals surface area contributed by atoms with Crippen LogP contribution in [0.15, 0.2) is 23.1 Å². The number of hydrogen-bond donors (Lipinski definition) is 1. The van der Waals surface area contributed by atoms with Gasteiger partial charge in [0.25, 0.3) is 0 Å². The fraction of sp³-hybridized carbons (Fsp3) is 0.538. The highest BCUT2D eigenvalue weighted by Gasteiger charge is 2.27. The van der Waals surface area contributed by atoms with E-state index in [1.165, 1.54) is 29.6 Å². The lowest BCUT2D eigenvalue weighted by Gasteiger charge is -2.25. The molecule has 0 fully saturated rings. The molecule has 7 heteroatoms. The van der Waals surface area contributed by atoms with E-state index in [9.17, 15) is 8.42 Å². The Hall–Kier alpha value is -0.660. The van der Waals surface area contributed by atoms with Crippen molar-refractivity contribution in [2.45, 2.75) is 31.4 Å². The van der Waals surface area contributed by atoms with E-state index in [-0.39, 0.29) is 29.1 Å². The first-order valence-electron chi connectivity index (χ1n) is 6.24. The van der Waals surface area contributed by atoms with Gasteiger partial charge in [-0.1, -0.05) is 17.7 Å². The minimum atomic E-state index is -3.63. The zero-order valence-corrected chi connectivity index (χ0v) is 13.4. The number of aliphatic hydroxyl groups is 1. The summed E-state index contributed by atoms with van der Waals surface area (Å²) in [4.78, 5) is 0.115. The van der Waals surface area contributed by atoms with Crippen LogP contribution in [0.4, 0.5) is 0 Å². The summed E-state index contributed by atoms with van der Waals surface area (Å²) >= 11 is 5.96. The monoisotopic (exact) mass is 321 g/mol. The molecule has 0 amide bonds. The van der Waals surface area contributed by atoms with E-state index in [2.05, 4.69) is 0 Å². The predicted octanol–water partition coefficient (Wildman–Crippen LogP) is 1.88. The van der Waals surface area contributed by atoms with Gasteiger partial charge in [0, 0.05) is 24.7 Å². The maximum absolute atomic E-state index is 12.6. The fourth-order valence-electron chi connectivity index (χ4n) is 1.79. The third kappa shape index (κ3) is 3.93. The van der Waals surface area contributed by atoms with Crippen LogP contribution in [0, 0.1) is 0 Å². The average molecular weight is 322 g/mol. The fourth-order valence-corrected chi connectivity index (χ4v) is 3.74. The Morgan fingerprint density at radius 3 is 2.50 bits per heavy atom. The summed E-state index contributed by atoms with van der Waals surface area (Å²) in [6, 6.07) is 4.15. The van der Waals surface area contributed by atoms with Gasteiger partial charge in [-0.05, 0) is 31.5 Å². The topological polar surface area (TPSA) is 66.8 Å². The molecule has 0 aliphatic carbocycles. The lowest BCUT2D eigenvalue weighted by Crippen LogP contribution is -2.39. The van der Waals surface area contributed by atoms with Crippen molar-refractivity contribution >= 4 is 21.6 Å². The van der Waals surface area contributed by atoms with Gasteiger partial charge in [-0.15, -0.1) is 0 Å². The van der Waals surface area contributed by atoms with Crippen LogP contribution >= 0.6 is 11.6 Å². The van der Waals surface area contributed by atoms with E-state index in [0.29, 0.717) is 12.2 Å². The van der Waals surface area contributed by atoms with E-state index < -0.39 is 10.0 Å². The van der Waals surface area contributed by atoms with Gasteiger partial charge in [0.05, 0.1) is 18.1 Å². The van der Waals surface area contributed by atoms with Crippen molar-refractivity contribution in [1.82, 2.24) is 4.31 Å². The minimum Gasteiger partial charge on any atom is -0.392 e. The number of nitrogens with zero attached hydrogens (tertiary/aromatic N) is 1. The minimum absolute atomic E-state index is 0.115. The van der Waals surface area contributed by atoms with E-state index in [0.717, 1.165) is 0 Å². The highest BCUT2D eigenvalue weighted by molar-refractivity contribution is 7.89. The molecule has 1 aromatic carbocycles. The van der Waals surface area contributed by atoms with Gasteiger partial charge in [-0.3, -0.25) is 0 Å². The van der Waals surface area contributed by atoms with Crippen molar-refractivity contribution in [3.8, 4) is 0 Å². The molecular weight excluding hydrogens is 302 g/mol. The number of methoxy groups -OCH3 is 1. The second-order valence-electron chi connectivity index (χ2n) is 4.61. The maximum Gasteiger partial charge on any atom is 0.243 e. The quantitative estimate of drug-likeness (QED) is 0.832. The Labute approximate surface area is 125 Å². The number of halogens is 1. The van der Waals surface area contributed by atoms with Crippen molar-refractivity contribution in [2.24, 2.45) is 0 Å². The molecule has 5 nitrogen and oxygen atoms in total. The highest BCUT2D eigenvalue weighted by atomic mass is 35.5. The molecular formula is C13H20ClNO4S. The molecule has 0 radical (unpaired) electrons. The van der Waals surface area contributed by atoms with Crippen molar-refractivity contribution in [3.05, 3.63) is 28.8 Å². The van der Waals surface area contributed by atoms with E-state index in [4.69, 9.17) is 21.4 Å². The second kappa shape index (κ2) is 7.38. The summed E-state index contributed by atoms with van der Waals surface area (Å²) < 4.78 is 31.5. The number of hydrogen-bond acceptors (Lipinski definition) is 4. The van der Waals surface area contributed by atoms with E-state index >= 15 is 0 Å². The van der Waals surface area contributed by atoms with Crippen LogP contribution in [-0.2, 0) is 21.4 Å². The third-order valence-corrected chi connectivity index (χ3v) is 5.32. The van der Waals surface area contributed by atoms with Crippen molar-refractivity contribution in [2.75, 3.05) is 20.3 Å². The van der Waals surface area contributed by atoms with Crippen LogP contribution in [0.2, 0.25) is 5.02 Å². The van der Waals surface area contributed by atoms with Gasteiger partial charge >= 0.3 is 0 Å². The van der Waals surface area contributed by atoms with Gasteiger partial charge in [0.1, 0.15) is 0 Å². The van der Waals surface area contributed by atoms with Gasteiger partial charge in [-0.25, -0.2) is 8.42 Å². The largest absolute Gasteiger partial charge is 0.392 e. The van der Waals surface area contributed by atoms with Crippen molar-refractivity contribution in [3.63, 3.8) is 0 Å². The molecule has 0 aliphatic rings. The van der Waals surface area contributed by atoms with E-state index in [1.807, 2.05) is 0 Å². The SMILES string of the molecule is COCCN(C(C)C)S(=O)(=O)c1ccc(CO)c(Cl)c1.